The van der Waals surface area contributed by atoms with Crippen LogP contribution >= 0.6 is 0 Å². The lowest BCUT2D eigenvalue weighted by molar-refractivity contribution is -0.143. The number of alkyl halides is 6. The Morgan fingerprint density at radius 3 is 2.31 bits per heavy atom. The van der Waals surface area contributed by atoms with E-state index in [0.29, 0.717) is 30.9 Å². The van der Waals surface area contributed by atoms with Crippen LogP contribution in [0.5, 0.6) is 0 Å². The van der Waals surface area contributed by atoms with Crippen molar-refractivity contribution < 1.29 is 44.7 Å². The number of aromatic nitrogens is 3. The first kappa shape index (κ1) is 31.6. The first-order valence-corrected chi connectivity index (χ1v) is 13.6. The molecule has 2 aromatic carbocycles. The van der Waals surface area contributed by atoms with E-state index in [9.17, 15) is 40.3 Å². The average Bonchev–Trinajstić information content (AvgIpc) is 3.66. The third-order valence-corrected chi connectivity index (χ3v) is 7.39. The van der Waals surface area contributed by atoms with Crippen LogP contribution in [-0.2, 0) is 34.9 Å². The molecule has 2 aromatic heterocycles. The van der Waals surface area contributed by atoms with Gasteiger partial charge in [0.05, 0.1) is 17.5 Å². The molecule has 5 rings (SSSR count). The molecule has 0 radical (unpaired) electrons. The van der Waals surface area contributed by atoms with E-state index in [1.165, 1.54) is 19.1 Å². The number of carbonyl (C=O) groups is 2. The lowest BCUT2D eigenvalue weighted by Crippen LogP contribution is -2.32. The Labute approximate surface area is 251 Å². The predicted octanol–water partition coefficient (Wildman–Crippen LogP) is 6.42. The minimum atomic E-state index is -5.17. The lowest BCUT2D eigenvalue weighted by Gasteiger charge is -2.23. The van der Waals surface area contributed by atoms with Gasteiger partial charge in [-0.3, -0.25) is 14.6 Å². The standard InChI is InChI=1S/C30H24F7N5O3/c1-17(43)41-11-10-20(15-41)19-3-9-25(38-14-19)28-40-39-26(45-28)16-42(23-7-5-22(31)6-8-23)27(44)12-18-2-4-21(29(32,33)34)13-24(18)30(35,36)37/h2-9,13-14,20H,10-12,15-16H2,1H3. The first-order valence-electron chi connectivity index (χ1n) is 13.6. The van der Waals surface area contributed by atoms with Crippen LogP contribution in [0.2, 0.25) is 0 Å². The van der Waals surface area contributed by atoms with Crippen LogP contribution in [0, 0.1) is 5.82 Å². The molecule has 236 valence electrons. The van der Waals surface area contributed by atoms with Gasteiger partial charge in [0.1, 0.15) is 18.1 Å². The molecule has 1 aliphatic rings. The van der Waals surface area contributed by atoms with Gasteiger partial charge in [-0.1, -0.05) is 12.1 Å². The van der Waals surface area contributed by atoms with Crippen LogP contribution in [0.4, 0.5) is 36.4 Å². The number of halogens is 7. The van der Waals surface area contributed by atoms with Gasteiger partial charge >= 0.3 is 12.4 Å². The van der Waals surface area contributed by atoms with Crippen molar-refractivity contribution in [2.75, 3.05) is 18.0 Å². The quantitative estimate of drug-likeness (QED) is 0.218. The fraction of sp³-hybridized carbons (Fsp3) is 0.300. The number of amides is 2. The maximum atomic E-state index is 13.7. The van der Waals surface area contributed by atoms with Gasteiger partial charge < -0.3 is 14.2 Å². The lowest BCUT2D eigenvalue weighted by atomic mass is 10.00. The van der Waals surface area contributed by atoms with E-state index in [0.717, 1.165) is 29.0 Å². The summed E-state index contributed by atoms with van der Waals surface area (Å²) >= 11 is 0. The molecule has 0 N–H and O–H groups in total. The van der Waals surface area contributed by atoms with Gasteiger partial charge in [0.15, 0.2) is 0 Å². The van der Waals surface area contributed by atoms with E-state index < -0.39 is 53.7 Å². The number of hydrogen-bond donors (Lipinski definition) is 0. The molecule has 3 heterocycles. The second-order valence-electron chi connectivity index (χ2n) is 10.4. The van der Waals surface area contributed by atoms with Gasteiger partial charge in [-0.05, 0) is 60.0 Å². The Morgan fingerprint density at radius 2 is 1.71 bits per heavy atom. The molecule has 4 aromatic rings. The third-order valence-electron chi connectivity index (χ3n) is 7.39. The summed E-state index contributed by atoms with van der Waals surface area (Å²) in [4.78, 5) is 32.1. The number of hydrogen-bond acceptors (Lipinski definition) is 6. The van der Waals surface area contributed by atoms with Crippen molar-refractivity contribution in [3.05, 3.63) is 94.8 Å². The molecule has 15 heteroatoms. The maximum absolute atomic E-state index is 13.7. The molecular formula is C30H24F7N5O3. The molecule has 45 heavy (non-hydrogen) atoms. The minimum absolute atomic E-state index is 0.00576. The van der Waals surface area contributed by atoms with Crippen LogP contribution in [0.15, 0.2) is 65.2 Å². The van der Waals surface area contributed by atoms with Crippen molar-refractivity contribution in [2.24, 2.45) is 0 Å². The van der Waals surface area contributed by atoms with Gasteiger partial charge in [-0.25, -0.2) is 4.39 Å². The van der Waals surface area contributed by atoms with Gasteiger partial charge in [-0.2, -0.15) is 26.3 Å². The molecule has 0 bridgehead atoms. The maximum Gasteiger partial charge on any atom is 0.416 e. The molecular weight excluding hydrogens is 611 g/mol. The molecule has 1 unspecified atom stereocenters. The number of likely N-dealkylation sites (tertiary alicyclic amines) is 1. The highest BCUT2D eigenvalue weighted by atomic mass is 19.4. The van der Waals surface area contributed by atoms with E-state index >= 15 is 0 Å². The van der Waals surface area contributed by atoms with E-state index in [-0.39, 0.29) is 35.4 Å². The van der Waals surface area contributed by atoms with Gasteiger partial charge in [0.25, 0.3) is 5.89 Å². The van der Waals surface area contributed by atoms with Crippen molar-refractivity contribution in [2.45, 2.75) is 44.6 Å². The molecule has 0 spiro atoms. The van der Waals surface area contributed by atoms with E-state index in [4.69, 9.17) is 4.42 Å². The molecule has 2 amide bonds. The second-order valence-corrected chi connectivity index (χ2v) is 10.4. The molecule has 0 aliphatic carbocycles. The van der Waals surface area contributed by atoms with Crippen LogP contribution < -0.4 is 4.90 Å². The van der Waals surface area contributed by atoms with Crippen LogP contribution in [-0.4, -0.2) is 45.0 Å². The average molecular weight is 636 g/mol. The van der Waals surface area contributed by atoms with Gasteiger partial charge in [-0.15, -0.1) is 10.2 Å². The second kappa shape index (κ2) is 12.3. The number of rotatable bonds is 7. The number of pyridine rings is 1. The molecule has 1 fully saturated rings. The van der Waals surface area contributed by atoms with Crippen LogP contribution in [0.3, 0.4) is 0 Å². The highest BCUT2D eigenvalue weighted by Gasteiger charge is 2.39. The van der Waals surface area contributed by atoms with Gasteiger partial charge in [0.2, 0.25) is 17.7 Å². The summed E-state index contributed by atoms with van der Waals surface area (Å²) in [5, 5.41) is 7.86. The van der Waals surface area contributed by atoms with Gasteiger partial charge in [0, 0.05) is 37.8 Å². The summed E-state index contributed by atoms with van der Waals surface area (Å²) in [5.41, 5.74) is -2.51. The number of nitrogens with zero attached hydrogens (tertiary/aromatic N) is 5. The third kappa shape index (κ3) is 7.29. The summed E-state index contributed by atoms with van der Waals surface area (Å²) < 4.78 is 99.8. The Balaban J connectivity index is 1.37. The Kier molecular flexibility index (Phi) is 8.63. The molecule has 1 saturated heterocycles. The zero-order valence-corrected chi connectivity index (χ0v) is 23.5. The normalized spacial score (nSPS) is 15.4. The zero-order chi connectivity index (χ0) is 32.5. The Morgan fingerprint density at radius 1 is 0.978 bits per heavy atom. The van der Waals surface area contributed by atoms with Crippen molar-refractivity contribution in [1.82, 2.24) is 20.1 Å². The fourth-order valence-corrected chi connectivity index (χ4v) is 5.02. The van der Waals surface area contributed by atoms with Crippen molar-refractivity contribution in [3.63, 3.8) is 0 Å². The summed E-state index contributed by atoms with van der Waals surface area (Å²) in [6, 6.07) is 8.96. The molecule has 8 nitrogen and oxygen atoms in total. The van der Waals surface area contributed by atoms with Crippen molar-refractivity contribution in [1.29, 1.82) is 0 Å². The Hall–Kier alpha value is -4.82. The number of carbonyl (C=O) groups excluding carboxylic acids is 2. The molecule has 0 saturated carbocycles. The molecule has 1 atom stereocenters. The monoisotopic (exact) mass is 635 g/mol. The summed E-state index contributed by atoms with van der Waals surface area (Å²) in [5.74, 6) is -1.63. The topological polar surface area (TPSA) is 92.4 Å². The van der Waals surface area contributed by atoms with E-state index in [2.05, 4.69) is 15.2 Å². The van der Waals surface area contributed by atoms with E-state index in [1.807, 2.05) is 6.07 Å². The zero-order valence-electron chi connectivity index (χ0n) is 23.5. The fourth-order valence-electron chi connectivity index (χ4n) is 5.02. The first-order chi connectivity index (χ1) is 21.2. The van der Waals surface area contributed by atoms with Crippen LogP contribution in [0.25, 0.3) is 11.6 Å². The summed E-state index contributed by atoms with van der Waals surface area (Å²) in [6.07, 6.45) is -8.72. The number of benzene rings is 2. The van der Waals surface area contributed by atoms with Crippen LogP contribution in [0.1, 0.15) is 47.4 Å². The Bertz CT molecular complexity index is 1690. The highest BCUT2D eigenvalue weighted by molar-refractivity contribution is 5.94. The largest absolute Gasteiger partial charge is 0.417 e. The summed E-state index contributed by atoms with van der Waals surface area (Å²) in [7, 11) is 0. The van der Waals surface area contributed by atoms with E-state index in [1.54, 1.807) is 17.2 Å². The molecule has 1 aliphatic heterocycles. The summed E-state index contributed by atoms with van der Waals surface area (Å²) in [6.45, 7) is 2.29. The SMILES string of the molecule is CC(=O)N1CCC(c2ccc(-c3nnc(CN(C(=O)Cc4ccc(C(F)(F)F)cc4C(F)(F)F)c4ccc(F)cc4)o3)nc2)C1. The number of anilines is 1. The smallest absolute Gasteiger partial charge is 0.416 e. The minimum Gasteiger partial charge on any atom is -0.417 e. The van der Waals surface area contributed by atoms with Crippen molar-refractivity contribution >= 4 is 17.5 Å². The highest BCUT2D eigenvalue weighted by Crippen LogP contribution is 2.38. The predicted molar refractivity (Wildman–Crippen MR) is 145 cm³/mol. The van der Waals surface area contributed by atoms with Crippen molar-refractivity contribution in [3.8, 4) is 11.6 Å².